The summed E-state index contributed by atoms with van der Waals surface area (Å²) >= 11 is 1.70. The van der Waals surface area contributed by atoms with Crippen molar-refractivity contribution in [3.05, 3.63) is 57.4 Å². The van der Waals surface area contributed by atoms with Gasteiger partial charge in [-0.25, -0.2) is 0 Å². The molecular formula is C20H22N2OS. The molecule has 1 aromatic carbocycles. The van der Waals surface area contributed by atoms with E-state index >= 15 is 0 Å². The average Bonchev–Trinajstić information content (AvgIpc) is 2.96. The van der Waals surface area contributed by atoms with Gasteiger partial charge in [0.05, 0.1) is 17.4 Å². The maximum atomic E-state index is 13.0. The van der Waals surface area contributed by atoms with Crippen LogP contribution in [0.25, 0.3) is 0 Å². The summed E-state index contributed by atoms with van der Waals surface area (Å²) in [5, 5.41) is 9.27. The second-order valence-electron chi connectivity index (χ2n) is 7.60. The zero-order valence-electron chi connectivity index (χ0n) is 14.3. The van der Waals surface area contributed by atoms with Crippen LogP contribution in [0, 0.1) is 12.3 Å². The fraction of sp³-hybridized carbons (Fsp3) is 0.350. The van der Waals surface area contributed by atoms with Gasteiger partial charge in [0.25, 0.3) is 0 Å². The highest BCUT2D eigenvalue weighted by Crippen LogP contribution is 2.46. The van der Waals surface area contributed by atoms with Crippen molar-refractivity contribution in [1.82, 2.24) is 0 Å². The molecule has 2 heterocycles. The van der Waals surface area contributed by atoms with Crippen molar-refractivity contribution in [2.24, 2.45) is 5.41 Å². The lowest BCUT2D eigenvalue weighted by Gasteiger charge is -2.33. The Bertz CT molecular complexity index is 833. The normalized spacial score (nSPS) is 22.1. The fourth-order valence-electron chi connectivity index (χ4n) is 3.73. The molecule has 1 aliphatic heterocycles. The van der Waals surface area contributed by atoms with Crippen molar-refractivity contribution in [1.29, 1.82) is 0 Å². The monoisotopic (exact) mass is 338 g/mol. The van der Waals surface area contributed by atoms with E-state index < -0.39 is 0 Å². The number of carbonyl (C=O) groups is 1. The minimum absolute atomic E-state index is 0.00187. The second kappa shape index (κ2) is 5.49. The van der Waals surface area contributed by atoms with Gasteiger partial charge in [0.15, 0.2) is 5.78 Å². The molecule has 0 saturated heterocycles. The quantitative estimate of drug-likeness (QED) is 0.743. The molecule has 3 nitrogen and oxygen atoms in total. The zero-order valence-corrected chi connectivity index (χ0v) is 15.1. The Morgan fingerprint density at radius 2 is 2.00 bits per heavy atom. The number of hydrogen-bond acceptors (Lipinski definition) is 4. The van der Waals surface area contributed by atoms with E-state index in [2.05, 4.69) is 67.1 Å². The van der Waals surface area contributed by atoms with Crippen LogP contribution >= 0.6 is 11.3 Å². The number of anilines is 2. The number of ketones is 1. The molecule has 1 aromatic heterocycles. The molecule has 0 saturated carbocycles. The van der Waals surface area contributed by atoms with Crippen LogP contribution in [-0.2, 0) is 4.79 Å². The van der Waals surface area contributed by atoms with Gasteiger partial charge in [-0.2, -0.15) is 0 Å². The van der Waals surface area contributed by atoms with Crippen LogP contribution in [-0.4, -0.2) is 5.78 Å². The SMILES string of the molecule is Cc1ccc2c(c1)N[C@H](c1cccs1)C1=C(CC(C)(C)CC1=O)N2. The van der Waals surface area contributed by atoms with Crippen LogP contribution in [0.5, 0.6) is 0 Å². The van der Waals surface area contributed by atoms with Gasteiger partial charge in [0.2, 0.25) is 0 Å². The van der Waals surface area contributed by atoms with Gasteiger partial charge >= 0.3 is 0 Å². The summed E-state index contributed by atoms with van der Waals surface area (Å²) in [6.07, 6.45) is 1.50. The smallest absolute Gasteiger partial charge is 0.163 e. The summed E-state index contributed by atoms with van der Waals surface area (Å²) in [5.74, 6) is 0.254. The number of benzene rings is 1. The maximum absolute atomic E-state index is 13.0. The summed E-state index contributed by atoms with van der Waals surface area (Å²) in [6, 6.07) is 10.5. The third kappa shape index (κ3) is 2.65. The van der Waals surface area contributed by atoms with Crippen LogP contribution in [0.15, 0.2) is 47.0 Å². The number of aryl methyl sites for hydroxylation is 1. The first-order valence-electron chi connectivity index (χ1n) is 8.37. The molecule has 0 unspecified atom stereocenters. The van der Waals surface area contributed by atoms with Crippen molar-refractivity contribution in [3.8, 4) is 0 Å². The zero-order chi connectivity index (χ0) is 16.9. The Kier molecular flexibility index (Phi) is 3.53. The van der Waals surface area contributed by atoms with Gasteiger partial charge in [-0.1, -0.05) is 26.0 Å². The van der Waals surface area contributed by atoms with E-state index in [0.29, 0.717) is 6.42 Å². The minimum Gasteiger partial charge on any atom is -0.372 e. The van der Waals surface area contributed by atoms with E-state index in [1.807, 2.05) is 0 Å². The summed E-state index contributed by atoms with van der Waals surface area (Å²) < 4.78 is 0. The molecule has 0 spiro atoms. The van der Waals surface area contributed by atoms with Crippen LogP contribution in [0.3, 0.4) is 0 Å². The van der Waals surface area contributed by atoms with E-state index in [1.165, 1.54) is 10.4 Å². The lowest BCUT2D eigenvalue weighted by atomic mass is 9.74. The number of Topliss-reactive ketones (excluding diaryl/α,β-unsaturated/α-hetero) is 1. The highest BCUT2D eigenvalue weighted by Gasteiger charge is 2.38. The molecule has 1 aliphatic carbocycles. The molecule has 124 valence electrons. The largest absolute Gasteiger partial charge is 0.372 e. The van der Waals surface area contributed by atoms with Crippen molar-refractivity contribution in [2.75, 3.05) is 10.6 Å². The van der Waals surface area contributed by atoms with Gasteiger partial charge in [0, 0.05) is 22.6 Å². The molecule has 0 amide bonds. The molecule has 0 fully saturated rings. The van der Waals surface area contributed by atoms with Crippen LogP contribution in [0.4, 0.5) is 11.4 Å². The Labute approximate surface area is 146 Å². The van der Waals surface area contributed by atoms with E-state index in [4.69, 9.17) is 0 Å². The van der Waals surface area contributed by atoms with Gasteiger partial charge in [-0.15, -0.1) is 11.3 Å². The van der Waals surface area contributed by atoms with E-state index in [9.17, 15) is 4.79 Å². The molecule has 0 bridgehead atoms. The third-order valence-electron chi connectivity index (χ3n) is 4.80. The summed E-state index contributed by atoms with van der Waals surface area (Å²) in [6.45, 7) is 6.43. The first kappa shape index (κ1) is 15.5. The number of hydrogen-bond donors (Lipinski definition) is 2. The Hall–Kier alpha value is -2.07. The first-order valence-corrected chi connectivity index (χ1v) is 9.25. The van der Waals surface area contributed by atoms with Crippen molar-refractivity contribution < 1.29 is 4.79 Å². The molecule has 4 rings (SSSR count). The molecule has 0 radical (unpaired) electrons. The topological polar surface area (TPSA) is 41.1 Å². The van der Waals surface area contributed by atoms with Crippen molar-refractivity contribution >= 4 is 28.5 Å². The standard InChI is InChI=1S/C20H22N2OS/c1-12-6-7-13-14(9-12)22-19(17-5-4-8-24-17)18-15(21-13)10-20(2,3)11-16(18)23/h4-9,19,21-22H,10-11H2,1-3H3/t19-/m1/s1. The summed E-state index contributed by atoms with van der Waals surface area (Å²) in [7, 11) is 0. The van der Waals surface area contributed by atoms with Crippen molar-refractivity contribution in [2.45, 2.75) is 39.7 Å². The number of carbonyl (C=O) groups excluding carboxylic acids is 1. The van der Waals surface area contributed by atoms with E-state index in [0.717, 1.165) is 29.1 Å². The Balaban J connectivity index is 1.89. The summed E-state index contributed by atoms with van der Waals surface area (Å²) in [4.78, 5) is 14.2. The lowest BCUT2D eigenvalue weighted by Crippen LogP contribution is -2.31. The molecular weight excluding hydrogens is 316 g/mol. The van der Waals surface area contributed by atoms with Gasteiger partial charge < -0.3 is 10.6 Å². The predicted molar refractivity (Wildman–Crippen MR) is 101 cm³/mol. The minimum atomic E-state index is -0.0702. The van der Waals surface area contributed by atoms with E-state index in [-0.39, 0.29) is 17.2 Å². The molecule has 24 heavy (non-hydrogen) atoms. The fourth-order valence-corrected chi connectivity index (χ4v) is 4.51. The second-order valence-corrected chi connectivity index (χ2v) is 8.58. The number of allylic oxidation sites excluding steroid dienone is 1. The van der Waals surface area contributed by atoms with Crippen LogP contribution in [0.2, 0.25) is 0 Å². The Morgan fingerprint density at radius 1 is 1.17 bits per heavy atom. The molecule has 4 heteroatoms. The maximum Gasteiger partial charge on any atom is 0.163 e. The number of thiophene rings is 1. The van der Waals surface area contributed by atoms with E-state index in [1.54, 1.807) is 11.3 Å². The number of nitrogens with one attached hydrogen (secondary N) is 2. The van der Waals surface area contributed by atoms with Crippen LogP contribution in [0.1, 0.15) is 43.2 Å². The molecule has 2 aromatic rings. The highest BCUT2D eigenvalue weighted by molar-refractivity contribution is 7.10. The predicted octanol–water partition coefficient (Wildman–Crippen LogP) is 5.28. The highest BCUT2D eigenvalue weighted by atomic mass is 32.1. The van der Waals surface area contributed by atoms with Gasteiger partial charge in [-0.3, -0.25) is 4.79 Å². The molecule has 2 N–H and O–H groups in total. The third-order valence-corrected chi connectivity index (χ3v) is 5.73. The summed E-state index contributed by atoms with van der Waals surface area (Å²) in [5.41, 5.74) is 5.30. The van der Waals surface area contributed by atoms with Crippen molar-refractivity contribution in [3.63, 3.8) is 0 Å². The molecule has 2 aliphatic rings. The Morgan fingerprint density at radius 3 is 2.75 bits per heavy atom. The number of fused-ring (bicyclic) bond motifs is 1. The first-order chi connectivity index (χ1) is 11.4. The van der Waals surface area contributed by atoms with Crippen LogP contribution < -0.4 is 10.6 Å². The number of rotatable bonds is 1. The van der Waals surface area contributed by atoms with Gasteiger partial charge in [0.1, 0.15) is 0 Å². The average molecular weight is 338 g/mol. The van der Waals surface area contributed by atoms with Gasteiger partial charge in [-0.05, 0) is 47.9 Å². The lowest BCUT2D eigenvalue weighted by molar-refractivity contribution is -0.118. The molecule has 1 atom stereocenters.